The van der Waals surface area contributed by atoms with Crippen LogP contribution in [0.3, 0.4) is 0 Å². The minimum atomic E-state index is 0.128. The topological polar surface area (TPSA) is 96.6 Å². The molecule has 0 radical (unpaired) electrons. The number of aliphatic hydroxyl groups excluding tert-OH is 1. The van der Waals surface area contributed by atoms with Gasteiger partial charge in [0.2, 0.25) is 5.91 Å². The predicted molar refractivity (Wildman–Crippen MR) is 111 cm³/mol. The summed E-state index contributed by atoms with van der Waals surface area (Å²) in [6.45, 7) is 5.44. The van der Waals surface area contributed by atoms with Gasteiger partial charge >= 0.3 is 0 Å². The van der Waals surface area contributed by atoms with Gasteiger partial charge in [0.1, 0.15) is 6.33 Å². The molecule has 162 valence electrons. The highest BCUT2D eigenvalue weighted by Gasteiger charge is 2.34. The largest absolute Gasteiger partial charge is 0.396 e. The average Bonchev–Trinajstić information content (AvgIpc) is 3.41. The lowest BCUT2D eigenvalue weighted by atomic mass is 9.92. The van der Waals surface area contributed by atoms with Gasteiger partial charge in [-0.1, -0.05) is 0 Å². The molecule has 4 heterocycles. The lowest BCUT2D eigenvalue weighted by Crippen LogP contribution is -2.36. The summed E-state index contributed by atoms with van der Waals surface area (Å²) < 4.78 is 7.53. The normalized spacial score (nSPS) is 23.7. The van der Waals surface area contributed by atoms with E-state index < -0.39 is 0 Å². The van der Waals surface area contributed by atoms with Gasteiger partial charge in [-0.15, -0.1) is 0 Å². The van der Waals surface area contributed by atoms with Gasteiger partial charge in [0, 0.05) is 64.4 Å². The van der Waals surface area contributed by atoms with Crippen LogP contribution in [0.1, 0.15) is 25.7 Å². The van der Waals surface area contributed by atoms with Crippen molar-refractivity contribution in [3.05, 3.63) is 12.7 Å². The zero-order valence-corrected chi connectivity index (χ0v) is 17.3. The molecule has 1 amide bonds. The fourth-order valence-corrected chi connectivity index (χ4v) is 4.70. The van der Waals surface area contributed by atoms with Gasteiger partial charge in [-0.05, 0) is 31.6 Å². The predicted octanol–water partition coefficient (Wildman–Crippen LogP) is 0.920. The molecule has 0 aromatic carbocycles. The second-order valence-electron chi connectivity index (χ2n) is 8.77. The highest BCUT2D eigenvalue weighted by atomic mass is 16.5. The smallest absolute Gasteiger partial charge is 0.225 e. The number of nitrogens with zero attached hydrogens (tertiary/aromatic N) is 6. The summed E-state index contributed by atoms with van der Waals surface area (Å²) in [5.41, 5.74) is 1.59. The number of ether oxygens (including phenoxy) is 1. The number of rotatable bonds is 6. The van der Waals surface area contributed by atoms with Crippen molar-refractivity contribution in [3.8, 4) is 0 Å². The van der Waals surface area contributed by atoms with Crippen molar-refractivity contribution < 1.29 is 14.6 Å². The highest BCUT2D eigenvalue weighted by molar-refractivity contribution is 5.84. The van der Waals surface area contributed by atoms with Gasteiger partial charge < -0.3 is 24.2 Å². The number of imidazole rings is 1. The molecule has 2 unspecified atom stereocenters. The van der Waals surface area contributed by atoms with Gasteiger partial charge in [-0.2, -0.15) is 0 Å². The molecular weight excluding hydrogens is 384 g/mol. The Hall–Kier alpha value is -2.26. The number of hydrogen-bond acceptors (Lipinski definition) is 7. The Morgan fingerprint density at radius 3 is 2.83 bits per heavy atom. The van der Waals surface area contributed by atoms with Gasteiger partial charge in [-0.25, -0.2) is 15.0 Å². The van der Waals surface area contributed by atoms with Crippen molar-refractivity contribution >= 4 is 22.9 Å². The first kappa shape index (κ1) is 19.7. The lowest BCUT2D eigenvalue weighted by molar-refractivity contribution is -0.132. The molecule has 30 heavy (non-hydrogen) atoms. The Labute approximate surface area is 176 Å². The number of carbonyl (C=O) groups excluding carboxylic acids is 1. The highest BCUT2D eigenvalue weighted by Crippen LogP contribution is 2.32. The van der Waals surface area contributed by atoms with Crippen LogP contribution < -0.4 is 4.90 Å². The van der Waals surface area contributed by atoms with E-state index in [1.165, 1.54) is 0 Å². The first-order chi connectivity index (χ1) is 14.7. The third-order valence-electron chi connectivity index (χ3n) is 6.71. The van der Waals surface area contributed by atoms with Gasteiger partial charge in [0.15, 0.2) is 17.0 Å². The number of fused-ring (bicyclic) bond motifs is 1. The number of hydrogen-bond donors (Lipinski definition) is 1. The van der Waals surface area contributed by atoms with E-state index in [0.29, 0.717) is 25.0 Å². The summed E-state index contributed by atoms with van der Waals surface area (Å²) in [6.07, 6.45) is 7.42. The van der Waals surface area contributed by atoms with Crippen LogP contribution in [0, 0.1) is 17.8 Å². The van der Waals surface area contributed by atoms with Gasteiger partial charge in [-0.3, -0.25) is 4.79 Å². The van der Waals surface area contributed by atoms with Crippen molar-refractivity contribution in [1.29, 1.82) is 0 Å². The average molecular weight is 415 g/mol. The monoisotopic (exact) mass is 414 g/mol. The fourth-order valence-electron chi connectivity index (χ4n) is 4.70. The molecule has 9 heteroatoms. The molecule has 1 N–H and O–H groups in total. The van der Waals surface area contributed by atoms with Crippen molar-refractivity contribution in [2.45, 2.75) is 32.2 Å². The molecule has 1 saturated carbocycles. The fraction of sp³-hybridized carbons (Fsp3) is 0.714. The zero-order chi connectivity index (χ0) is 20.5. The van der Waals surface area contributed by atoms with E-state index in [1.54, 1.807) is 6.33 Å². The third-order valence-corrected chi connectivity index (χ3v) is 6.71. The molecule has 1 aliphatic carbocycles. The molecule has 5 rings (SSSR count). The summed E-state index contributed by atoms with van der Waals surface area (Å²) in [5, 5.41) is 9.90. The number of aliphatic hydroxyl groups is 1. The minimum absolute atomic E-state index is 0.128. The number of amides is 1. The van der Waals surface area contributed by atoms with E-state index >= 15 is 0 Å². The van der Waals surface area contributed by atoms with Crippen LogP contribution in [0.15, 0.2) is 12.7 Å². The number of aromatic nitrogens is 4. The molecular formula is C21H30N6O3. The van der Waals surface area contributed by atoms with Gasteiger partial charge in [0.25, 0.3) is 0 Å². The maximum absolute atomic E-state index is 12.4. The summed E-state index contributed by atoms with van der Waals surface area (Å²) >= 11 is 0. The molecule has 0 bridgehead atoms. The molecule has 2 aliphatic heterocycles. The Bertz CT molecular complexity index is 892. The second kappa shape index (κ2) is 8.47. The molecule has 3 fully saturated rings. The van der Waals surface area contributed by atoms with Crippen LogP contribution in [-0.2, 0) is 16.1 Å². The summed E-state index contributed by atoms with van der Waals surface area (Å²) in [7, 11) is 0. The van der Waals surface area contributed by atoms with E-state index in [4.69, 9.17) is 4.74 Å². The first-order valence-electron chi connectivity index (χ1n) is 11.1. The molecule has 2 saturated heterocycles. The summed E-state index contributed by atoms with van der Waals surface area (Å²) in [5.74, 6) is 1.92. The first-order valence-corrected chi connectivity index (χ1v) is 11.1. The molecule has 2 aromatic rings. The van der Waals surface area contributed by atoms with Crippen LogP contribution >= 0.6 is 0 Å². The molecule has 0 spiro atoms. The van der Waals surface area contributed by atoms with E-state index in [1.807, 2.05) is 15.8 Å². The molecule has 9 nitrogen and oxygen atoms in total. The SMILES string of the molecule is O=C(C1CC1)N1CCCN(c2ncnc3c2ncn3CC(CO)C2CCOC2)CC1. The van der Waals surface area contributed by atoms with E-state index in [9.17, 15) is 9.90 Å². The Balaban J connectivity index is 1.33. The standard InChI is InChI=1S/C21H30N6O3/c28-11-17(16-4-9-30-12-16)10-27-14-24-18-19(22-13-23-20(18)27)25-5-1-6-26(8-7-25)21(29)15-2-3-15/h13-17,28H,1-12H2. The van der Waals surface area contributed by atoms with Crippen LogP contribution in [0.4, 0.5) is 5.82 Å². The van der Waals surface area contributed by atoms with Crippen LogP contribution in [-0.4, -0.2) is 81.4 Å². The van der Waals surface area contributed by atoms with E-state index in [0.717, 1.165) is 75.5 Å². The molecule has 2 aromatic heterocycles. The summed E-state index contributed by atoms with van der Waals surface area (Å²) in [6, 6.07) is 0. The number of anilines is 1. The minimum Gasteiger partial charge on any atom is -0.396 e. The Kier molecular flexibility index (Phi) is 5.56. The van der Waals surface area contributed by atoms with Crippen molar-refractivity contribution in [2.75, 3.05) is 50.9 Å². The maximum atomic E-state index is 12.4. The maximum Gasteiger partial charge on any atom is 0.225 e. The summed E-state index contributed by atoms with van der Waals surface area (Å²) in [4.78, 5) is 30.4. The van der Waals surface area contributed by atoms with Crippen LogP contribution in [0.25, 0.3) is 11.2 Å². The second-order valence-corrected chi connectivity index (χ2v) is 8.77. The van der Waals surface area contributed by atoms with Crippen molar-refractivity contribution in [1.82, 2.24) is 24.4 Å². The van der Waals surface area contributed by atoms with E-state index in [-0.39, 0.29) is 18.4 Å². The van der Waals surface area contributed by atoms with E-state index in [2.05, 4.69) is 19.9 Å². The molecule has 2 atom stereocenters. The lowest BCUT2D eigenvalue weighted by Gasteiger charge is -2.23. The van der Waals surface area contributed by atoms with Crippen molar-refractivity contribution in [2.24, 2.45) is 17.8 Å². The van der Waals surface area contributed by atoms with Crippen LogP contribution in [0.2, 0.25) is 0 Å². The number of carbonyl (C=O) groups is 1. The quantitative estimate of drug-likeness (QED) is 0.751. The third kappa shape index (κ3) is 3.88. The van der Waals surface area contributed by atoms with Crippen molar-refractivity contribution in [3.63, 3.8) is 0 Å². The molecule has 3 aliphatic rings. The Morgan fingerprint density at radius 1 is 1.17 bits per heavy atom. The van der Waals surface area contributed by atoms with Gasteiger partial charge in [0.05, 0.1) is 6.33 Å². The zero-order valence-electron chi connectivity index (χ0n) is 17.3. The Morgan fingerprint density at radius 2 is 2.07 bits per heavy atom. The van der Waals surface area contributed by atoms with Crippen LogP contribution in [0.5, 0.6) is 0 Å².